The number of hydrogen-bond acceptors (Lipinski definition) is 5. The molecule has 1 heterocycles. The highest BCUT2D eigenvalue weighted by Gasteiger charge is 2.06. The summed E-state index contributed by atoms with van der Waals surface area (Å²) in [5, 5.41) is 8.36. The van der Waals surface area contributed by atoms with Gasteiger partial charge < -0.3 is 11.5 Å². The van der Waals surface area contributed by atoms with Crippen LogP contribution < -0.4 is 11.5 Å². The Kier molecular flexibility index (Phi) is 2.73. The van der Waals surface area contributed by atoms with Crippen molar-refractivity contribution in [1.29, 1.82) is 0 Å². The Morgan fingerprint density at radius 1 is 1.70 bits per heavy atom. The van der Waals surface area contributed by atoms with E-state index < -0.39 is 0 Å². The van der Waals surface area contributed by atoms with Crippen molar-refractivity contribution in [3.05, 3.63) is 10.5 Å². The zero-order chi connectivity index (χ0) is 7.40. The monoisotopic (exact) mass is 158 g/mol. The molecule has 0 spiro atoms. The van der Waals surface area contributed by atoms with Crippen molar-refractivity contribution in [3.63, 3.8) is 0 Å². The zero-order valence-corrected chi connectivity index (χ0v) is 6.34. The van der Waals surface area contributed by atoms with Crippen LogP contribution in [0.4, 0.5) is 0 Å². The van der Waals surface area contributed by atoms with E-state index in [0.717, 1.165) is 11.4 Å². The maximum atomic E-state index is 5.68. The largest absolute Gasteiger partial charge is 0.330 e. The van der Waals surface area contributed by atoms with Gasteiger partial charge in [-0.05, 0) is 13.0 Å². The number of nitrogens with two attached hydrogens (primary N) is 2. The van der Waals surface area contributed by atoms with Crippen molar-refractivity contribution in [2.24, 2.45) is 11.5 Å². The third-order valence-electron chi connectivity index (χ3n) is 1.17. The fraction of sp³-hybridized carbons (Fsp3) is 0.600. The van der Waals surface area contributed by atoms with E-state index in [1.165, 1.54) is 11.3 Å². The van der Waals surface area contributed by atoms with Crippen LogP contribution in [0.5, 0.6) is 0 Å². The van der Waals surface area contributed by atoms with Crippen molar-refractivity contribution in [1.82, 2.24) is 10.2 Å². The van der Waals surface area contributed by atoms with Gasteiger partial charge in [-0.1, -0.05) is 0 Å². The Hall–Kier alpha value is -0.520. The van der Waals surface area contributed by atoms with Gasteiger partial charge in [-0.2, -0.15) is 0 Å². The Morgan fingerprint density at radius 2 is 2.50 bits per heavy atom. The van der Waals surface area contributed by atoms with E-state index in [0.29, 0.717) is 6.54 Å². The molecule has 0 aliphatic rings. The molecule has 5 heteroatoms. The van der Waals surface area contributed by atoms with Crippen molar-refractivity contribution in [2.45, 2.75) is 12.5 Å². The lowest BCUT2D eigenvalue weighted by molar-refractivity contribution is 0.649. The van der Waals surface area contributed by atoms with Crippen LogP contribution in [-0.2, 0) is 0 Å². The third-order valence-corrected chi connectivity index (χ3v) is 2.00. The van der Waals surface area contributed by atoms with Crippen LogP contribution in [0.15, 0.2) is 5.51 Å². The van der Waals surface area contributed by atoms with Crippen molar-refractivity contribution >= 4 is 11.3 Å². The fourth-order valence-corrected chi connectivity index (χ4v) is 1.24. The van der Waals surface area contributed by atoms with Crippen LogP contribution in [0.1, 0.15) is 17.5 Å². The third kappa shape index (κ3) is 1.73. The van der Waals surface area contributed by atoms with Gasteiger partial charge in [0.2, 0.25) is 0 Å². The first kappa shape index (κ1) is 7.59. The maximum absolute atomic E-state index is 5.68. The first-order chi connectivity index (χ1) is 4.84. The predicted octanol–water partition coefficient (Wildman–Crippen LogP) is -0.113. The van der Waals surface area contributed by atoms with E-state index in [1.807, 2.05) is 0 Å². The molecule has 4 nitrogen and oxygen atoms in total. The second-order valence-corrected chi connectivity index (χ2v) is 2.83. The summed E-state index contributed by atoms with van der Waals surface area (Å²) >= 11 is 1.47. The summed E-state index contributed by atoms with van der Waals surface area (Å²) in [5.74, 6) is 0. The summed E-state index contributed by atoms with van der Waals surface area (Å²) < 4.78 is 0. The van der Waals surface area contributed by atoms with Crippen molar-refractivity contribution in [2.75, 3.05) is 6.54 Å². The molecule has 0 aromatic carbocycles. The molecule has 1 rings (SSSR count). The minimum atomic E-state index is -0.0301. The second-order valence-electron chi connectivity index (χ2n) is 1.96. The van der Waals surface area contributed by atoms with Crippen LogP contribution in [-0.4, -0.2) is 16.7 Å². The highest BCUT2D eigenvalue weighted by Crippen LogP contribution is 2.13. The van der Waals surface area contributed by atoms with Crippen LogP contribution >= 0.6 is 11.3 Å². The molecule has 1 aromatic rings. The minimum Gasteiger partial charge on any atom is -0.330 e. The highest BCUT2D eigenvalue weighted by atomic mass is 32.1. The molecule has 0 aliphatic carbocycles. The Labute approximate surface area is 63.3 Å². The highest BCUT2D eigenvalue weighted by molar-refractivity contribution is 7.09. The van der Waals surface area contributed by atoms with Gasteiger partial charge in [-0.3, -0.25) is 0 Å². The van der Waals surface area contributed by atoms with E-state index in [9.17, 15) is 0 Å². The van der Waals surface area contributed by atoms with Crippen molar-refractivity contribution in [3.8, 4) is 0 Å². The van der Waals surface area contributed by atoms with Crippen molar-refractivity contribution < 1.29 is 0 Å². The first-order valence-electron chi connectivity index (χ1n) is 3.06. The molecule has 1 unspecified atom stereocenters. The summed E-state index contributed by atoms with van der Waals surface area (Å²) in [7, 11) is 0. The molecular formula is C5H10N4S. The summed E-state index contributed by atoms with van der Waals surface area (Å²) in [6.45, 7) is 0.598. The average Bonchev–Trinajstić information content (AvgIpc) is 2.38. The number of nitrogens with zero attached hydrogens (tertiary/aromatic N) is 2. The first-order valence-corrected chi connectivity index (χ1v) is 3.94. The van der Waals surface area contributed by atoms with Gasteiger partial charge in [-0.25, -0.2) is 0 Å². The Morgan fingerprint density at radius 3 is 3.00 bits per heavy atom. The van der Waals surface area contributed by atoms with Gasteiger partial charge in [0.15, 0.2) is 0 Å². The van der Waals surface area contributed by atoms with Gasteiger partial charge in [0.05, 0.1) is 6.04 Å². The fourth-order valence-electron chi connectivity index (χ4n) is 0.646. The standard InChI is InChI=1S/C5H10N4S/c6-2-1-4(7)5-9-8-3-10-5/h3-4H,1-2,6-7H2. The van der Waals surface area contributed by atoms with Crippen LogP contribution in [0.2, 0.25) is 0 Å². The summed E-state index contributed by atoms with van der Waals surface area (Å²) in [4.78, 5) is 0. The molecule has 0 saturated heterocycles. The molecule has 10 heavy (non-hydrogen) atoms. The van der Waals surface area contributed by atoms with E-state index in [2.05, 4.69) is 10.2 Å². The summed E-state index contributed by atoms with van der Waals surface area (Å²) in [6.07, 6.45) is 0.773. The smallest absolute Gasteiger partial charge is 0.134 e. The molecule has 0 saturated carbocycles. The molecule has 0 fully saturated rings. The van der Waals surface area contributed by atoms with E-state index >= 15 is 0 Å². The molecule has 0 radical (unpaired) electrons. The lowest BCUT2D eigenvalue weighted by atomic mass is 10.2. The number of rotatable bonds is 3. The molecule has 4 N–H and O–H groups in total. The van der Waals surface area contributed by atoms with Gasteiger partial charge in [0.25, 0.3) is 0 Å². The van der Waals surface area contributed by atoms with Crippen LogP contribution in [0, 0.1) is 0 Å². The van der Waals surface area contributed by atoms with Gasteiger partial charge in [-0.15, -0.1) is 21.5 Å². The molecule has 1 atom stereocenters. The van der Waals surface area contributed by atoms with Gasteiger partial charge in [0.1, 0.15) is 10.5 Å². The maximum Gasteiger partial charge on any atom is 0.134 e. The predicted molar refractivity (Wildman–Crippen MR) is 40.5 cm³/mol. The van der Waals surface area contributed by atoms with E-state index in [1.54, 1.807) is 5.51 Å². The molecule has 1 aromatic heterocycles. The van der Waals surface area contributed by atoms with Gasteiger partial charge >= 0.3 is 0 Å². The van der Waals surface area contributed by atoms with Crippen LogP contribution in [0.3, 0.4) is 0 Å². The van der Waals surface area contributed by atoms with Gasteiger partial charge in [0, 0.05) is 0 Å². The summed E-state index contributed by atoms with van der Waals surface area (Å²) in [5.41, 5.74) is 12.7. The second kappa shape index (κ2) is 3.60. The molecule has 56 valence electrons. The molecule has 0 bridgehead atoms. The molecular weight excluding hydrogens is 148 g/mol. The quantitative estimate of drug-likeness (QED) is 0.643. The normalized spacial score (nSPS) is 13.4. The number of aromatic nitrogens is 2. The summed E-state index contributed by atoms with van der Waals surface area (Å²) in [6, 6.07) is -0.0301. The lowest BCUT2D eigenvalue weighted by Gasteiger charge is -2.03. The Balaban J connectivity index is 2.50. The zero-order valence-electron chi connectivity index (χ0n) is 5.53. The Bertz CT molecular complexity index is 174. The van der Waals surface area contributed by atoms with Crippen LogP contribution in [0.25, 0.3) is 0 Å². The minimum absolute atomic E-state index is 0.0301. The topological polar surface area (TPSA) is 77.8 Å². The lowest BCUT2D eigenvalue weighted by Crippen LogP contribution is -2.14. The molecule has 0 amide bonds. The van der Waals surface area contributed by atoms with E-state index in [-0.39, 0.29) is 6.04 Å². The number of hydrogen-bond donors (Lipinski definition) is 2. The molecule has 0 aliphatic heterocycles. The average molecular weight is 158 g/mol. The van der Waals surface area contributed by atoms with E-state index in [4.69, 9.17) is 11.5 Å². The SMILES string of the molecule is NCCC(N)c1nncs1.